The number of carbonyl (C=O) groups is 2. The summed E-state index contributed by atoms with van der Waals surface area (Å²) in [7, 11) is -4.89. The van der Waals surface area contributed by atoms with E-state index in [4.69, 9.17) is 9.47 Å². The van der Waals surface area contributed by atoms with Crippen molar-refractivity contribution in [2.75, 3.05) is 22.8 Å². The number of ether oxygens (including phenoxy) is 3. The summed E-state index contributed by atoms with van der Waals surface area (Å²) in [4.78, 5) is 23.4. The summed E-state index contributed by atoms with van der Waals surface area (Å²) in [6.45, 7) is 3.81. The van der Waals surface area contributed by atoms with Gasteiger partial charge in [0.25, 0.3) is 10.0 Å². The molecule has 1 amide bonds. The van der Waals surface area contributed by atoms with E-state index in [9.17, 15) is 48.7 Å². The summed E-state index contributed by atoms with van der Waals surface area (Å²) in [5.41, 5.74) is -5.28. The molecule has 43 heavy (non-hydrogen) atoms. The van der Waals surface area contributed by atoms with Crippen LogP contribution in [0.25, 0.3) is 0 Å². The molecule has 1 N–H and O–H groups in total. The standard InChI is InChI=1S/C26H27F7N2O7S/c1-5-40-22(36)14(2)10-16-13-35(43(38,39)17-7-8-19(27)18(12-17)25(28,29)30)20-11-15(6-9-21(20)41-16)34-23(37)42-24(3,4)26(31,32)33/h6-9,11-12,14,16H,5,10,13H2,1-4H3,(H,34,37). The molecule has 238 valence electrons. The molecule has 2 aromatic rings. The molecule has 1 aliphatic rings. The second-order valence-corrected chi connectivity index (χ2v) is 11.9. The smallest absolute Gasteiger partial charge is 0.427 e. The zero-order valence-electron chi connectivity index (χ0n) is 23.1. The summed E-state index contributed by atoms with van der Waals surface area (Å²) in [6, 6.07) is 4.40. The molecule has 0 aliphatic carbocycles. The maximum Gasteiger partial charge on any atom is 0.427 e. The topological polar surface area (TPSA) is 111 Å². The van der Waals surface area contributed by atoms with Crippen molar-refractivity contribution in [2.45, 2.75) is 63.1 Å². The minimum Gasteiger partial charge on any atom is -0.486 e. The minimum atomic E-state index is -5.22. The van der Waals surface area contributed by atoms with Crippen LogP contribution in [-0.2, 0) is 30.5 Å². The largest absolute Gasteiger partial charge is 0.486 e. The molecule has 0 saturated carbocycles. The molecule has 0 saturated heterocycles. The van der Waals surface area contributed by atoms with Crippen LogP contribution in [0.4, 0.5) is 46.9 Å². The first-order valence-corrected chi connectivity index (χ1v) is 14.0. The average Bonchev–Trinajstić information content (AvgIpc) is 2.86. The number of hydrogen-bond donors (Lipinski definition) is 1. The first-order chi connectivity index (χ1) is 19.7. The van der Waals surface area contributed by atoms with Crippen molar-refractivity contribution in [1.82, 2.24) is 0 Å². The number of amides is 1. The lowest BCUT2D eigenvalue weighted by molar-refractivity contribution is -0.242. The predicted molar refractivity (Wildman–Crippen MR) is 137 cm³/mol. The van der Waals surface area contributed by atoms with Crippen molar-refractivity contribution < 1.29 is 63.0 Å². The summed E-state index contributed by atoms with van der Waals surface area (Å²) >= 11 is 0. The van der Waals surface area contributed by atoms with Gasteiger partial charge in [0.1, 0.15) is 17.7 Å². The Kier molecular flexibility index (Phi) is 9.48. The molecule has 0 aromatic heterocycles. The third kappa shape index (κ3) is 7.61. The zero-order valence-corrected chi connectivity index (χ0v) is 23.9. The number of sulfonamides is 1. The zero-order chi connectivity index (χ0) is 32.5. The van der Waals surface area contributed by atoms with E-state index in [0.717, 1.165) is 18.2 Å². The van der Waals surface area contributed by atoms with Crippen molar-refractivity contribution >= 4 is 33.5 Å². The lowest BCUT2D eigenvalue weighted by Gasteiger charge is -2.36. The molecule has 0 bridgehead atoms. The van der Waals surface area contributed by atoms with Gasteiger partial charge in [-0.15, -0.1) is 0 Å². The Labute approximate surface area is 241 Å². The van der Waals surface area contributed by atoms with Crippen LogP contribution in [0, 0.1) is 11.7 Å². The van der Waals surface area contributed by atoms with Crippen LogP contribution >= 0.6 is 0 Å². The molecule has 2 atom stereocenters. The normalized spacial score (nSPS) is 16.5. The van der Waals surface area contributed by atoms with Gasteiger partial charge in [0.05, 0.1) is 35.2 Å². The van der Waals surface area contributed by atoms with Crippen molar-refractivity contribution in [3.8, 4) is 5.75 Å². The van der Waals surface area contributed by atoms with Gasteiger partial charge in [0.15, 0.2) is 0 Å². The van der Waals surface area contributed by atoms with Gasteiger partial charge in [0, 0.05) is 5.69 Å². The Morgan fingerprint density at radius 1 is 1.09 bits per heavy atom. The monoisotopic (exact) mass is 644 g/mol. The van der Waals surface area contributed by atoms with Gasteiger partial charge in [0.2, 0.25) is 5.60 Å². The van der Waals surface area contributed by atoms with Gasteiger partial charge in [-0.2, -0.15) is 26.3 Å². The molecular formula is C26H27F7N2O7S. The molecule has 2 aromatic carbocycles. The van der Waals surface area contributed by atoms with E-state index in [-0.39, 0.29) is 36.2 Å². The summed E-state index contributed by atoms with van der Waals surface area (Å²) < 4.78 is 137. The van der Waals surface area contributed by atoms with Crippen LogP contribution in [0.15, 0.2) is 41.3 Å². The van der Waals surface area contributed by atoms with E-state index in [2.05, 4.69) is 4.74 Å². The number of nitrogens with zero attached hydrogens (tertiary/aromatic N) is 1. The van der Waals surface area contributed by atoms with Crippen LogP contribution in [0.5, 0.6) is 5.75 Å². The molecular weight excluding hydrogens is 617 g/mol. The molecule has 1 heterocycles. The Morgan fingerprint density at radius 2 is 1.74 bits per heavy atom. The highest BCUT2D eigenvalue weighted by atomic mass is 32.2. The highest BCUT2D eigenvalue weighted by molar-refractivity contribution is 7.92. The van der Waals surface area contributed by atoms with Crippen LogP contribution < -0.4 is 14.4 Å². The molecule has 0 spiro atoms. The Morgan fingerprint density at radius 3 is 2.33 bits per heavy atom. The van der Waals surface area contributed by atoms with Crippen molar-refractivity contribution in [3.63, 3.8) is 0 Å². The van der Waals surface area contributed by atoms with Gasteiger partial charge in [-0.25, -0.2) is 17.6 Å². The van der Waals surface area contributed by atoms with Gasteiger partial charge in [-0.1, -0.05) is 6.92 Å². The maximum atomic E-state index is 13.9. The number of alkyl halides is 6. The fraction of sp³-hybridized carbons (Fsp3) is 0.462. The molecule has 2 unspecified atom stereocenters. The fourth-order valence-electron chi connectivity index (χ4n) is 3.96. The first kappa shape index (κ1) is 33.7. The average molecular weight is 645 g/mol. The molecule has 9 nitrogen and oxygen atoms in total. The van der Waals surface area contributed by atoms with E-state index < -0.39 is 74.9 Å². The fourth-order valence-corrected chi connectivity index (χ4v) is 5.48. The Hall–Kier alpha value is -3.76. The van der Waals surface area contributed by atoms with E-state index in [1.807, 2.05) is 5.32 Å². The highest BCUT2D eigenvalue weighted by Gasteiger charge is 2.51. The first-order valence-electron chi connectivity index (χ1n) is 12.6. The number of anilines is 2. The molecule has 0 fully saturated rings. The van der Waals surface area contributed by atoms with Crippen molar-refractivity contribution in [2.24, 2.45) is 5.92 Å². The maximum absolute atomic E-state index is 13.9. The minimum absolute atomic E-state index is 0.0719. The van der Waals surface area contributed by atoms with Crippen LogP contribution in [0.2, 0.25) is 0 Å². The van der Waals surface area contributed by atoms with Gasteiger partial charge >= 0.3 is 24.4 Å². The third-order valence-corrected chi connectivity index (χ3v) is 8.08. The van der Waals surface area contributed by atoms with Crippen molar-refractivity contribution in [1.29, 1.82) is 0 Å². The van der Waals surface area contributed by atoms with E-state index in [1.165, 1.54) is 6.92 Å². The van der Waals surface area contributed by atoms with E-state index in [0.29, 0.717) is 30.3 Å². The van der Waals surface area contributed by atoms with Gasteiger partial charge < -0.3 is 14.2 Å². The van der Waals surface area contributed by atoms with E-state index in [1.54, 1.807) is 6.92 Å². The molecule has 17 heteroatoms. The Balaban J connectivity index is 2.04. The van der Waals surface area contributed by atoms with Gasteiger partial charge in [-0.05, 0) is 63.6 Å². The second-order valence-electron chi connectivity index (χ2n) is 10.0. The van der Waals surface area contributed by atoms with Crippen LogP contribution in [0.1, 0.15) is 39.7 Å². The number of carbonyl (C=O) groups excluding carboxylic acids is 2. The lowest BCUT2D eigenvalue weighted by Crippen LogP contribution is -2.45. The quantitative estimate of drug-likeness (QED) is 0.266. The number of rotatable bonds is 8. The predicted octanol–water partition coefficient (Wildman–Crippen LogP) is 6.28. The number of halogens is 7. The number of hydrogen-bond acceptors (Lipinski definition) is 7. The van der Waals surface area contributed by atoms with E-state index >= 15 is 0 Å². The van der Waals surface area contributed by atoms with Gasteiger partial charge in [-0.3, -0.25) is 14.4 Å². The Bertz CT molecular complexity index is 1480. The third-order valence-electron chi connectivity index (χ3n) is 6.30. The highest BCUT2D eigenvalue weighted by Crippen LogP contribution is 2.41. The summed E-state index contributed by atoms with van der Waals surface area (Å²) in [5, 5.41) is 2.04. The van der Waals surface area contributed by atoms with Crippen LogP contribution in [-0.4, -0.2) is 51.5 Å². The summed E-state index contributed by atoms with van der Waals surface area (Å²) in [6.07, 6.45) is -12.8. The number of esters is 1. The number of nitrogens with one attached hydrogen (secondary N) is 1. The van der Waals surface area contributed by atoms with Crippen LogP contribution in [0.3, 0.4) is 0 Å². The number of benzene rings is 2. The second kappa shape index (κ2) is 12.1. The SMILES string of the molecule is CCOC(=O)C(C)CC1CN(S(=O)(=O)c2ccc(F)c(C(F)(F)F)c2)c2cc(NC(=O)OC(C)(C)C(F)(F)F)ccc2O1. The molecule has 1 aliphatic heterocycles. The number of fused-ring (bicyclic) bond motifs is 1. The van der Waals surface area contributed by atoms with Crippen molar-refractivity contribution in [3.05, 3.63) is 47.8 Å². The molecule has 3 rings (SSSR count). The lowest BCUT2D eigenvalue weighted by atomic mass is 10.0. The summed E-state index contributed by atoms with van der Waals surface area (Å²) in [5.74, 6) is -3.25. The molecule has 0 radical (unpaired) electrons.